The van der Waals surface area contributed by atoms with Crippen molar-refractivity contribution in [2.75, 3.05) is 6.61 Å². The normalized spacial score (nSPS) is 10.9. The van der Waals surface area contributed by atoms with Gasteiger partial charge in [0.25, 0.3) is 5.95 Å². The molecule has 2 heterocycles. The quantitative estimate of drug-likeness (QED) is 0.686. The Hall–Kier alpha value is -2.69. The maximum absolute atomic E-state index is 5.78. The summed E-state index contributed by atoms with van der Waals surface area (Å²) in [5, 5.41) is 4.63. The first-order valence-electron chi connectivity index (χ1n) is 8.72. The molecule has 5 heteroatoms. The molecule has 0 aliphatic rings. The molecule has 0 radical (unpaired) electrons. The Bertz CT molecular complexity index is 856. The largest absolute Gasteiger partial charge is 0.477 e. The van der Waals surface area contributed by atoms with Crippen LogP contribution in [0.5, 0.6) is 5.88 Å². The molecule has 0 spiro atoms. The van der Waals surface area contributed by atoms with Crippen LogP contribution < -0.4 is 4.74 Å². The van der Waals surface area contributed by atoms with Crippen molar-refractivity contribution in [3.8, 4) is 11.8 Å². The molecule has 0 fully saturated rings. The number of aromatic nitrogens is 4. The molecule has 1 aromatic carbocycles. The van der Waals surface area contributed by atoms with Crippen LogP contribution in [0.25, 0.3) is 5.95 Å². The smallest absolute Gasteiger partial charge is 0.251 e. The maximum atomic E-state index is 5.78. The summed E-state index contributed by atoms with van der Waals surface area (Å²) in [6, 6.07) is 10.3. The highest BCUT2D eigenvalue weighted by Crippen LogP contribution is 2.26. The summed E-state index contributed by atoms with van der Waals surface area (Å²) in [4.78, 5) is 9.13. The van der Waals surface area contributed by atoms with Crippen LogP contribution in [0.3, 0.4) is 0 Å². The van der Waals surface area contributed by atoms with Gasteiger partial charge in [0.1, 0.15) is 0 Å². The summed E-state index contributed by atoms with van der Waals surface area (Å²) in [7, 11) is 0. The molecule has 3 rings (SSSR count). The summed E-state index contributed by atoms with van der Waals surface area (Å²) < 4.78 is 7.57. The molecule has 0 bridgehead atoms. The highest BCUT2D eigenvalue weighted by atomic mass is 16.5. The minimum atomic E-state index is 0.576. The van der Waals surface area contributed by atoms with Crippen LogP contribution in [-0.4, -0.2) is 26.4 Å². The Morgan fingerprint density at radius 2 is 1.84 bits per heavy atom. The van der Waals surface area contributed by atoms with Crippen molar-refractivity contribution in [3.05, 3.63) is 64.6 Å². The topological polar surface area (TPSA) is 52.8 Å². The van der Waals surface area contributed by atoms with E-state index in [9.17, 15) is 0 Å². The lowest BCUT2D eigenvalue weighted by Crippen LogP contribution is -2.07. The van der Waals surface area contributed by atoms with Crippen molar-refractivity contribution in [2.45, 2.75) is 40.5 Å². The van der Waals surface area contributed by atoms with Crippen LogP contribution >= 0.6 is 0 Å². The second kappa shape index (κ2) is 7.47. The molecule has 130 valence electrons. The van der Waals surface area contributed by atoms with Gasteiger partial charge < -0.3 is 4.74 Å². The lowest BCUT2D eigenvalue weighted by atomic mass is 10.1. The molecule has 0 N–H and O–H groups in total. The molecule has 0 saturated carbocycles. The van der Waals surface area contributed by atoms with Crippen molar-refractivity contribution in [1.29, 1.82) is 0 Å². The number of aryl methyl sites for hydroxylation is 2. The van der Waals surface area contributed by atoms with Gasteiger partial charge in [-0.25, -0.2) is 9.97 Å². The summed E-state index contributed by atoms with van der Waals surface area (Å²) in [6.45, 7) is 8.71. The maximum Gasteiger partial charge on any atom is 0.251 e. The van der Waals surface area contributed by atoms with Crippen molar-refractivity contribution in [2.24, 2.45) is 0 Å². The van der Waals surface area contributed by atoms with Gasteiger partial charge in [-0.3, -0.25) is 0 Å². The fourth-order valence-corrected chi connectivity index (χ4v) is 2.89. The van der Waals surface area contributed by atoms with E-state index in [1.54, 1.807) is 4.68 Å². The number of benzene rings is 1. The summed E-state index contributed by atoms with van der Waals surface area (Å²) in [5.41, 5.74) is 5.46. The Kier molecular flexibility index (Phi) is 5.12. The first kappa shape index (κ1) is 17.1. The lowest BCUT2D eigenvalue weighted by Gasteiger charge is -2.07. The van der Waals surface area contributed by atoms with Gasteiger partial charge in [0.15, 0.2) is 0 Å². The number of nitrogens with zero attached hydrogens (tertiary/aromatic N) is 4. The number of hydrogen-bond donors (Lipinski definition) is 0. The van der Waals surface area contributed by atoms with Gasteiger partial charge in [-0.15, -0.1) is 5.10 Å². The zero-order chi connectivity index (χ0) is 17.8. The van der Waals surface area contributed by atoms with E-state index in [0.717, 1.165) is 35.4 Å². The number of rotatable bonds is 6. The molecule has 25 heavy (non-hydrogen) atoms. The third kappa shape index (κ3) is 3.55. The molecule has 0 amide bonds. The molecule has 0 unspecified atom stereocenters. The van der Waals surface area contributed by atoms with E-state index in [2.05, 4.69) is 34.1 Å². The predicted molar refractivity (Wildman–Crippen MR) is 98.4 cm³/mol. The average molecular weight is 336 g/mol. The third-order valence-electron chi connectivity index (χ3n) is 4.35. The first-order chi connectivity index (χ1) is 12.1. The molecule has 0 atom stereocenters. The standard InChI is InChI=1S/C20H24N4O/c1-5-17-13-21-20(22-14(17)3)24-15(4)18(19(23-24)25-6-2)12-16-10-8-7-9-11-16/h7-11,13H,5-6,12H2,1-4H3. The lowest BCUT2D eigenvalue weighted by molar-refractivity contribution is 0.321. The van der Waals surface area contributed by atoms with Gasteiger partial charge in [-0.05, 0) is 38.3 Å². The molecular weight excluding hydrogens is 312 g/mol. The molecule has 5 nitrogen and oxygen atoms in total. The van der Waals surface area contributed by atoms with Crippen LogP contribution in [0.15, 0.2) is 36.5 Å². The van der Waals surface area contributed by atoms with Gasteiger partial charge >= 0.3 is 0 Å². The van der Waals surface area contributed by atoms with Gasteiger partial charge in [0.05, 0.1) is 12.3 Å². The number of ether oxygens (including phenoxy) is 1. The van der Waals surface area contributed by atoms with E-state index in [-0.39, 0.29) is 0 Å². The van der Waals surface area contributed by atoms with Crippen molar-refractivity contribution >= 4 is 0 Å². The van der Waals surface area contributed by atoms with Gasteiger partial charge in [0.2, 0.25) is 5.88 Å². The van der Waals surface area contributed by atoms with Crippen LogP contribution in [0.4, 0.5) is 0 Å². The van der Waals surface area contributed by atoms with Crippen molar-refractivity contribution < 1.29 is 4.74 Å². The third-order valence-corrected chi connectivity index (χ3v) is 4.35. The Morgan fingerprint density at radius 1 is 1.08 bits per heavy atom. The van der Waals surface area contributed by atoms with Gasteiger partial charge in [0, 0.05) is 23.9 Å². The zero-order valence-corrected chi connectivity index (χ0v) is 15.3. The zero-order valence-electron chi connectivity index (χ0n) is 15.3. The van der Waals surface area contributed by atoms with Crippen molar-refractivity contribution in [3.63, 3.8) is 0 Å². The van der Waals surface area contributed by atoms with Crippen molar-refractivity contribution in [1.82, 2.24) is 19.7 Å². The molecule has 3 aromatic rings. The van der Waals surface area contributed by atoms with E-state index in [0.29, 0.717) is 18.4 Å². The van der Waals surface area contributed by atoms with E-state index in [1.807, 2.05) is 45.2 Å². The van der Waals surface area contributed by atoms with Crippen LogP contribution in [-0.2, 0) is 12.8 Å². The molecule has 0 saturated heterocycles. The summed E-state index contributed by atoms with van der Waals surface area (Å²) in [5.74, 6) is 1.25. The van der Waals surface area contributed by atoms with Gasteiger partial charge in [-0.2, -0.15) is 4.68 Å². The van der Waals surface area contributed by atoms with Crippen LogP contribution in [0.2, 0.25) is 0 Å². The monoisotopic (exact) mass is 336 g/mol. The number of hydrogen-bond acceptors (Lipinski definition) is 4. The second-order valence-corrected chi connectivity index (χ2v) is 6.01. The van der Waals surface area contributed by atoms with Crippen LogP contribution in [0, 0.1) is 13.8 Å². The minimum absolute atomic E-state index is 0.576. The molecule has 2 aromatic heterocycles. The molecule has 0 aliphatic carbocycles. The Balaban J connectivity index is 2.03. The molecular formula is C20H24N4O. The summed E-state index contributed by atoms with van der Waals surface area (Å²) >= 11 is 0. The fourth-order valence-electron chi connectivity index (χ4n) is 2.89. The van der Waals surface area contributed by atoms with Crippen LogP contribution in [0.1, 0.15) is 41.9 Å². The van der Waals surface area contributed by atoms with E-state index in [4.69, 9.17) is 4.74 Å². The predicted octanol–water partition coefficient (Wildman–Crippen LogP) is 3.83. The Labute approximate surface area is 148 Å². The minimum Gasteiger partial charge on any atom is -0.477 e. The highest BCUT2D eigenvalue weighted by molar-refractivity contribution is 5.39. The van der Waals surface area contributed by atoms with E-state index >= 15 is 0 Å². The Morgan fingerprint density at radius 3 is 2.48 bits per heavy atom. The molecule has 0 aliphatic heterocycles. The SMILES string of the molecule is CCOc1nn(-c2ncc(CC)c(C)n2)c(C)c1Cc1ccccc1. The van der Waals surface area contributed by atoms with E-state index in [1.165, 1.54) is 5.56 Å². The summed E-state index contributed by atoms with van der Waals surface area (Å²) in [6.07, 6.45) is 3.58. The van der Waals surface area contributed by atoms with Gasteiger partial charge in [-0.1, -0.05) is 37.3 Å². The average Bonchev–Trinajstić information content (AvgIpc) is 2.92. The second-order valence-electron chi connectivity index (χ2n) is 6.01. The first-order valence-corrected chi connectivity index (χ1v) is 8.72. The highest BCUT2D eigenvalue weighted by Gasteiger charge is 2.19. The fraction of sp³-hybridized carbons (Fsp3) is 0.350. The van der Waals surface area contributed by atoms with E-state index < -0.39 is 0 Å².